The Hall–Kier alpha value is -3.09. The van der Waals surface area contributed by atoms with Crippen molar-refractivity contribution in [1.82, 2.24) is 19.9 Å². The van der Waals surface area contributed by atoms with Crippen molar-refractivity contribution in [3.63, 3.8) is 0 Å². The molecular formula is C20H21N5O2. The molecule has 0 saturated heterocycles. The number of carbonyl (C=O) groups excluding carboxylic acids is 1. The number of benzene rings is 1. The molecule has 1 atom stereocenters. The molecule has 2 aromatic heterocycles. The fourth-order valence-electron chi connectivity index (χ4n) is 3.37. The van der Waals surface area contributed by atoms with Gasteiger partial charge >= 0.3 is 0 Å². The molecular weight excluding hydrogens is 342 g/mol. The number of hydrogen-bond donors (Lipinski definition) is 1. The maximum Gasteiger partial charge on any atom is 0.230 e. The first-order valence-corrected chi connectivity index (χ1v) is 9.11. The Bertz CT molecular complexity index is 1030. The summed E-state index contributed by atoms with van der Waals surface area (Å²) in [6, 6.07) is 5.75. The monoisotopic (exact) mass is 363 g/mol. The van der Waals surface area contributed by atoms with Crippen LogP contribution in [0.15, 0.2) is 24.4 Å². The summed E-state index contributed by atoms with van der Waals surface area (Å²) >= 11 is 0. The van der Waals surface area contributed by atoms with Gasteiger partial charge in [-0.05, 0) is 44.4 Å². The number of ketones is 1. The molecule has 0 unspecified atom stereocenters. The van der Waals surface area contributed by atoms with Crippen LogP contribution >= 0.6 is 0 Å². The minimum Gasteiger partial charge on any atom is -0.494 e. The summed E-state index contributed by atoms with van der Waals surface area (Å²) < 4.78 is 5.55. The van der Waals surface area contributed by atoms with E-state index in [4.69, 9.17) is 4.74 Å². The van der Waals surface area contributed by atoms with Gasteiger partial charge in [-0.2, -0.15) is 0 Å². The van der Waals surface area contributed by atoms with Crippen LogP contribution in [0, 0.1) is 12.8 Å². The topological polar surface area (TPSA) is 89.9 Å². The van der Waals surface area contributed by atoms with E-state index in [0.29, 0.717) is 36.4 Å². The van der Waals surface area contributed by atoms with Crippen molar-refractivity contribution < 1.29 is 9.53 Å². The SMILES string of the molecule is CCOc1ccc2nc(Nc3ncc4c(n3)C[C@@H](C)CC4=O)nc(C)c2c1. The Labute approximate surface area is 157 Å². The Morgan fingerprint density at radius 2 is 2.04 bits per heavy atom. The lowest BCUT2D eigenvalue weighted by molar-refractivity contribution is 0.0951. The van der Waals surface area contributed by atoms with Crippen molar-refractivity contribution >= 4 is 28.6 Å². The summed E-state index contributed by atoms with van der Waals surface area (Å²) in [6.07, 6.45) is 2.93. The minimum atomic E-state index is 0.109. The number of rotatable bonds is 4. The highest BCUT2D eigenvalue weighted by Gasteiger charge is 2.24. The highest BCUT2D eigenvalue weighted by atomic mass is 16.5. The zero-order valence-corrected chi connectivity index (χ0v) is 15.6. The van der Waals surface area contributed by atoms with Crippen LogP contribution in [-0.4, -0.2) is 32.3 Å². The van der Waals surface area contributed by atoms with Crippen molar-refractivity contribution in [2.45, 2.75) is 33.6 Å². The summed E-state index contributed by atoms with van der Waals surface area (Å²) in [5, 5.41) is 4.01. The second-order valence-corrected chi connectivity index (χ2v) is 6.86. The average molecular weight is 363 g/mol. The van der Waals surface area contributed by atoms with Crippen molar-refractivity contribution in [2.24, 2.45) is 5.92 Å². The number of hydrogen-bond acceptors (Lipinski definition) is 7. The third-order valence-corrected chi connectivity index (χ3v) is 4.64. The molecule has 4 rings (SSSR count). The van der Waals surface area contributed by atoms with Crippen LogP contribution in [0.2, 0.25) is 0 Å². The Morgan fingerprint density at radius 1 is 1.19 bits per heavy atom. The van der Waals surface area contributed by atoms with Crippen molar-refractivity contribution in [3.05, 3.63) is 41.3 Å². The molecule has 1 N–H and O–H groups in total. The summed E-state index contributed by atoms with van der Waals surface area (Å²) in [5.41, 5.74) is 3.06. The fourth-order valence-corrected chi connectivity index (χ4v) is 3.37. The highest BCUT2D eigenvalue weighted by molar-refractivity contribution is 5.98. The second-order valence-electron chi connectivity index (χ2n) is 6.86. The fraction of sp³-hybridized carbons (Fsp3) is 0.350. The zero-order valence-electron chi connectivity index (χ0n) is 15.6. The van der Waals surface area contributed by atoms with Crippen molar-refractivity contribution in [3.8, 4) is 5.75 Å². The summed E-state index contributed by atoms with van der Waals surface area (Å²) in [5.74, 6) is 2.04. The lowest BCUT2D eigenvalue weighted by atomic mass is 9.88. The van der Waals surface area contributed by atoms with Gasteiger partial charge in [0.1, 0.15) is 5.75 Å². The lowest BCUT2D eigenvalue weighted by Crippen LogP contribution is -2.20. The Kier molecular flexibility index (Phi) is 4.43. The van der Waals surface area contributed by atoms with Gasteiger partial charge < -0.3 is 4.74 Å². The van der Waals surface area contributed by atoms with Gasteiger partial charge in [-0.25, -0.2) is 19.9 Å². The van der Waals surface area contributed by atoms with Crippen molar-refractivity contribution in [2.75, 3.05) is 11.9 Å². The van der Waals surface area contributed by atoms with E-state index in [-0.39, 0.29) is 5.78 Å². The molecule has 7 nitrogen and oxygen atoms in total. The van der Waals surface area contributed by atoms with Gasteiger partial charge in [0, 0.05) is 18.0 Å². The number of nitrogens with zero attached hydrogens (tertiary/aromatic N) is 4. The first-order chi connectivity index (χ1) is 13.0. The van der Waals surface area contributed by atoms with E-state index in [2.05, 4.69) is 32.2 Å². The predicted octanol–water partition coefficient (Wildman–Crippen LogP) is 3.64. The molecule has 27 heavy (non-hydrogen) atoms. The number of nitrogens with one attached hydrogen (secondary N) is 1. The molecule has 0 amide bonds. The van der Waals surface area contributed by atoms with E-state index < -0.39 is 0 Å². The molecule has 0 saturated carbocycles. The molecule has 0 bridgehead atoms. The highest BCUT2D eigenvalue weighted by Crippen LogP contribution is 2.26. The maximum absolute atomic E-state index is 12.1. The van der Waals surface area contributed by atoms with E-state index in [1.54, 1.807) is 6.20 Å². The van der Waals surface area contributed by atoms with Crippen LogP contribution in [0.25, 0.3) is 10.9 Å². The molecule has 138 valence electrons. The normalized spacial score (nSPS) is 16.3. The van der Waals surface area contributed by atoms with Gasteiger partial charge in [0.05, 0.1) is 29.1 Å². The summed E-state index contributed by atoms with van der Waals surface area (Å²) in [6.45, 7) is 6.55. The zero-order chi connectivity index (χ0) is 19.0. The number of anilines is 2. The average Bonchev–Trinajstić information content (AvgIpc) is 2.62. The van der Waals surface area contributed by atoms with Crippen LogP contribution in [0.3, 0.4) is 0 Å². The van der Waals surface area contributed by atoms with Crippen LogP contribution in [-0.2, 0) is 6.42 Å². The van der Waals surface area contributed by atoms with Crippen molar-refractivity contribution in [1.29, 1.82) is 0 Å². The van der Waals surface area contributed by atoms with Gasteiger partial charge in [0.25, 0.3) is 0 Å². The third-order valence-electron chi connectivity index (χ3n) is 4.64. The van der Waals surface area contributed by atoms with Crippen LogP contribution in [0.4, 0.5) is 11.9 Å². The van der Waals surface area contributed by atoms with Gasteiger partial charge in [-0.15, -0.1) is 0 Å². The van der Waals surface area contributed by atoms with E-state index in [0.717, 1.165) is 34.5 Å². The third kappa shape index (κ3) is 3.45. The van der Waals surface area contributed by atoms with Crippen LogP contribution in [0.5, 0.6) is 5.75 Å². The first-order valence-electron chi connectivity index (χ1n) is 9.11. The molecule has 0 spiro atoms. The van der Waals surface area contributed by atoms with Gasteiger partial charge in [0.15, 0.2) is 5.78 Å². The summed E-state index contributed by atoms with van der Waals surface area (Å²) in [7, 11) is 0. The smallest absolute Gasteiger partial charge is 0.230 e. The molecule has 1 aliphatic rings. The molecule has 0 radical (unpaired) electrons. The quantitative estimate of drug-likeness (QED) is 0.757. The largest absolute Gasteiger partial charge is 0.494 e. The molecule has 0 fully saturated rings. The number of aromatic nitrogens is 4. The second kappa shape index (κ2) is 6.90. The van der Waals surface area contributed by atoms with E-state index in [1.165, 1.54) is 0 Å². The van der Waals surface area contributed by atoms with Crippen LogP contribution in [0.1, 0.15) is 42.0 Å². The maximum atomic E-state index is 12.1. The van der Waals surface area contributed by atoms with Crippen LogP contribution < -0.4 is 10.1 Å². The van der Waals surface area contributed by atoms with E-state index in [9.17, 15) is 4.79 Å². The molecule has 0 aliphatic heterocycles. The Balaban J connectivity index is 1.65. The standard InChI is InChI=1S/C20H21N5O2/c1-4-27-13-5-6-16-14(9-13)12(3)22-20(23-16)25-19-21-10-15-17(24-19)7-11(2)8-18(15)26/h5-6,9-11H,4,7-8H2,1-3H3,(H,21,22,23,24,25)/t11-/m1/s1. The Morgan fingerprint density at radius 3 is 2.85 bits per heavy atom. The molecule has 1 aromatic carbocycles. The van der Waals surface area contributed by atoms with Gasteiger partial charge in [-0.3, -0.25) is 10.1 Å². The molecule has 1 aliphatic carbocycles. The predicted molar refractivity (Wildman–Crippen MR) is 103 cm³/mol. The van der Waals surface area contributed by atoms with E-state index >= 15 is 0 Å². The van der Waals surface area contributed by atoms with E-state index in [1.807, 2.05) is 32.0 Å². The molecule has 2 heterocycles. The minimum absolute atomic E-state index is 0.109. The number of carbonyl (C=O) groups is 1. The van der Waals surface area contributed by atoms with Gasteiger partial charge in [0.2, 0.25) is 11.9 Å². The molecule has 7 heteroatoms. The first kappa shape index (κ1) is 17.3. The lowest BCUT2D eigenvalue weighted by Gasteiger charge is -2.19. The molecule has 3 aromatic rings. The number of Topliss-reactive ketones (excluding diaryl/α,β-unsaturated/α-hetero) is 1. The number of ether oxygens (including phenoxy) is 1. The number of fused-ring (bicyclic) bond motifs is 2. The summed E-state index contributed by atoms with van der Waals surface area (Å²) in [4.78, 5) is 29.9. The number of aryl methyl sites for hydroxylation is 1. The van der Waals surface area contributed by atoms with Gasteiger partial charge in [-0.1, -0.05) is 6.92 Å².